The lowest BCUT2D eigenvalue weighted by atomic mass is 9.91. The first-order chi connectivity index (χ1) is 11.5. The zero-order valence-corrected chi connectivity index (χ0v) is 13.4. The molecular weight excluding hydrogens is 308 g/mol. The summed E-state index contributed by atoms with van der Waals surface area (Å²) in [5.74, 6) is 0.718. The van der Waals surface area contributed by atoms with Crippen LogP contribution >= 0.6 is 0 Å². The molecule has 3 heterocycles. The molecule has 0 aromatic carbocycles. The van der Waals surface area contributed by atoms with Crippen LogP contribution in [0.3, 0.4) is 0 Å². The van der Waals surface area contributed by atoms with Gasteiger partial charge in [0, 0.05) is 6.54 Å². The van der Waals surface area contributed by atoms with E-state index in [-0.39, 0.29) is 17.8 Å². The van der Waals surface area contributed by atoms with E-state index in [1.54, 1.807) is 17.2 Å². The monoisotopic (exact) mass is 328 g/mol. The summed E-state index contributed by atoms with van der Waals surface area (Å²) in [6.45, 7) is 2.84. The van der Waals surface area contributed by atoms with E-state index in [0.717, 1.165) is 18.6 Å². The van der Waals surface area contributed by atoms with Crippen LogP contribution in [0.4, 0.5) is 10.5 Å². The van der Waals surface area contributed by atoms with Crippen LogP contribution in [0.25, 0.3) is 0 Å². The number of carbonyl (C=O) groups excluding carboxylic acids is 2. The van der Waals surface area contributed by atoms with Gasteiger partial charge in [0.2, 0.25) is 0 Å². The number of piperidine rings is 1. The van der Waals surface area contributed by atoms with Crippen LogP contribution in [0.15, 0.2) is 41.1 Å². The maximum Gasteiger partial charge on any atom is 0.322 e. The van der Waals surface area contributed by atoms with Crippen molar-refractivity contribution in [1.82, 2.24) is 9.88 Å². The number of hydrogen-bond donors (Lipinski definition) is 2. The number of urea groups is 1. The molecule has 0 bridgehead atoms. The lowest BCUT2D eigenvalue weighted by molar-refractivity contribution is 0.0995. The van der Waals surface area contributed by atoms with Gasteiger partial charge in [-0.15, -0.1) is 0 Å². The Labute approximate surface area is 139 Å². The van der Waals surface area contributed by atoms with Gasteiger partial charge in [-0.25, -0.2) is 9.78 Å². The van der Waals surface area contributed by atoms with Crippen LogP contribution in [-0.2, 0) is 0 Å². The number of nitrogens with two attached hydrogens (primary N) is 1. The van der Waals surface area contributed by atoms with Crippen LogP contribution < -0.4 is 11.1 Å². The fraction of sp³-hybridized carbons (Fsp3) is 0.353. The predicted octanol–water partition coefficient (Wildman–Crippen LogP) is 2.78. The predicted molar refractivity (Wildman–Crippen MR) is 88.3 cm³/mol. The molecule has 2 atom stereocenters. The van der Waals surface area contributed by atoms with E-state index in [1.165, 1.54) is 12.3 Å². The summed E-state index contributed by atoms with van der Waals surface area (Å²) in [7, 11) is 0. The van der Waals surface area contributed by atoms with Gasteiger partial charge in [-0.1, -0.05) is 6.92 Å². The van der Waals surface area contributed by atoms with Gasteiger partial charge >= 0.3 is 6.03 Å². The summed E-state index contributed by atoms with van der Waals surface area (Å²) >= 11 is 0. The Bertz CT molecular complexity index is 712. The molecule has 2 aromatic rings. The number of furan rings is 1. The normalized spacial score (nSPS) is 20.6. The van der Waals surface area contributed by atoms with Crippen molar-refractivity contribution in [3.8, 4) is 0 Å². The summed E-state index contributed by atoms with van der Waals surface area (Å²) in [5, 5.41) is 2.82. The standard InChI is InChI=1S/C17H20N4O3/c1-11-6-7-21(14(9-11)15-3-2-8-24-15)17(23)20-12-4-5-13(16(18)22)19-10-12/h2-5,8,10-11,14H,6-7,9H2,1H3,(H2,18,22)(H,20,23)/t11-,14-/m0/s1. The second kappa shape index (κ2) is 6.74. The van der Waals surface area contributed by atoms with Crippen molar-refractivity contribution >= 4 is 17.6 Å². The second-order valence-corrected chi connectivity index (χ2v) is 6.08. The molecule has 0 radical (unpaired) electrons. The molecule has 1 saturated heterocycles. The Morgan fingerprint density at radius 2 is 2.21 bits per heavy atom. The summed E-state index contributed by atoms with van der Waals surface area (Å²) in [6.07, 6.45) is 4.85. The quantitative estimate of drug-likeness (QED) is 0.904. The molecule has 126 valence electrons. The van der Waals surface area contributed by atoms with Gasteiger partial charge in [0.05, 0.1) is 24.2 Å². The van der Waals surface area contributed by atoms with Crippen molar-refractivity contribution in [2.24, 2.45) is 11.7 Å². The molecule has 2 aromatic heterocycles. The molecule has 3 N–H and O–H groups in total. The smallest absolute Gasteiger partial charge is 0.322 e. The number of primary amides is 1. The number of rotatable bonds is 3. The maximum atomic E-state index is 12.7. The third-order valence-electron chi connectivity index (χ3n) is 4.26. The minimum absolute atomic E-state index is 0.0819. The van der Waals surface area contributed by atoms with Gasteiger partial charge in [-0.05, 0) is 43.0 Å². The molecule has 7 heteroatoms. The first kappa shape index (κ1) is 16.0. The van der Waals surface area contributed by atoms with Crippen molar-refractivity contribution in [2.45, 2.75) is 25.8 Å². The highest BCUT2D eigenvalue weighted by Crippen LogP contribution is 2.34. The summed E-state index contributed by atoms with van der Waals surface area (Å²) in [6, 6.07) is 6.53. The highest BCUT2D eigenvalue weighted by atomic mass is 16.3. The van der Waals surface area contributed by atoms with Crippen LogP contribution in [0.5, 0.6) is 0 Å². The van der Waals surface area contributed by atoms with Crippen molar-refractivity contribution in [3.63, 3.8) is 0 Å². The van der Waals surface area contributed by atoms with Crippen molar-refractivity contribution in [3.05, 3.63) is 48.2 Å². The Hall–Kier alpha value is -2.83. The molecule has 3 rings (SSSR count). The molecule has 0 unspecified atom stereocenters. The van der Waals surface area contributed by atoms with Gasteiger partial charge in [-0.3, -0.25) is 4.79 Å². The minimum atomic E-state index is -0.601. The van der Waals surface area contributed by atoms with E-state index in [9.17, 15) is 9.59 Å². The molecule has 0 aliphatic carbocycles. The van der Waals surface area contributed by atoms with Crippen molar-refractivity contribution in [1.29, 1.82) is 0 Å². The van der Waals surface area contributed by atoms with Gasteiger partial charge in [0.25, 0.3) is 5.91 Å². The van der Waals surface area contributed by atoms with Crippen molar-refractivity contribution < 1.29 is 14.0 Å². The first-order valence-corrected chi connectivity index (χ1v) is 7.91. The Morgan fingerprint density at radius 1 is 1.38 bits per heavy atom. The van der Waals surface area contributed by atoms with Crippen LogP contribution in [0.1, 0.15) is 42.1 Å². The van der Waals surface area contributed by atoms with Gasteiger partial charge < -0.3 is 20.4 Å². The number of nitrogens with zero attached hydrogens (tertiary/aromatic N) is 2. The third-order valence-corrected chi connectivity index (χ3v) is 4.26. The van der Waals surface area contributed by atoms with Gasteiger partial charge in [-0.2, -0.15) is 0 Å². The van der Waals surface area contributed by atoms with Crippen LogP contribution in [-0.4, -0.2) is 28.4 Å². The summed E-state index contributed by atoms with van der Waals surface area (Å²) in [4.78, 5) is 29.4. The van der Waals surface area contributed by atoms with Gasteiger partial charge in [0.15, 0.2) is 0 Å². The largest absolute Gasteiger partial charge is 0.467 e. The highest BCUT2D eigenvalue weighted by molar-refractivity contribution is 5.92. The molecule has 1 fully saturated rings. The number of carbonyl (C=O) groups is 2. The van der Waals surface area contributed by atoms with E-state index in [2.05, 4.69) is 17.2 Å². The molecule has 0 spiro atoms. The van der Waals surface area contributed by atoms with E-state index in [0.29, 0.717) is 18.2 Å². The second-order valence-electron chi connectivity index (χ2n) is 6.08. The first-order valence-electron chi connectivity index (χ1n) is 7.91. The fourth-order valence-electron chi connectivity index (χ4n) is 2.94. The molecule has 0 saturated carbocycles. The van der Waals surface area contributed by atoms with E-state index < -0.39 is 5.91 Å². The topological polar surface area (TPSA) is 101 Å². The minimum Gasteiger partial charge on any atom is -0.467 e. The van der Waals surface area contributed by atoms with Crippen LogP contribution in [0.2, 0.25) is 0 Å². The average molecular weight is 328 g/mol. The number of pyridine rings is 1. The molecular formula is C17H20N4O3. The molecule has 1 aliphatic rings. The highest BCUT2D eigenvalue weighted by Gasteiger charge is 2.32. The maximum absolute atomic E-state index is 12.7. The third kappa shape index (κ3) is 3.40. The van der Waals surface area contributed by atoms with E-state index in [4.69, 9.17) is 10.2 Å². The fourth-order valence-corrected chi connectivity index (χ4v) is 2.94. The average Bonchev–Trinajstić information content (AvgIpc) is 3.09. The zero-order chi connectivity index (χ0) is 17.1. The lowest BCUT2D eigenvalue weighted by Crippen LogP contribution is -2.42. The number of nitrogens with one attached hydrogen (secondary N) is 1. The van der Waals surface area contributed by atoms with E-state index >= 15 is 0 Å². The Balaban J connectivity index is 1.73. The number of amides is 3. The number of likely N-dealkylation sites (tertiary alicyclic amines) is 1. The molecule has 1 aliphatic heterocycles. The lowest BCUT2D eigenvalue weighted by Gasteiger charge is -2.37. The van der Waals surface area contributed by atoms with Crippen LogP contribution in [0, 0.1) is 5.92 Å². The number of hydrogen-bond acceptors (Lipinski definition) is 4. The SMILES string of the molecule is C[C@H]1CCN(C(=O)Nc2ccc(C(N)=O)nc2)[C@H](c2ccco2)C1. The zero-order valence-electron chi connectivity index (χ0n) is 13.4. The molecule has 24 heavy (non-hydrogen) atoms. The Morgan fingerprint density at radius 3 is 2.83 bits per heavy atom. The number of anilines is 1. The summed E-state index contributed by atoms with van der Waals surface area (Å²) in [5.41, 5.74) is 5.84. The molecule has 3 amide bonds. The molecule has 7 nitrogen and oxygen atoms in total. The van der Waals surface area contributed by atoms with E-state index in [1.807, 2.05) is 12.1 Å². The van der Waals surface area contributed by atoms with Gasteiger partial charge in [0.1, 0.15) is 11.5 Å². The number of aromatic nitrogens is 1. The van der Waals surface area contributed by atoms with Crippen molar-refractivity contribution in [2.75, 3.05) is 11.9 Å². The Kier molecular flexibility index (Phi) is 4.50. The summed E-state index contributed by atoms with van der Waals surface area (Å²) < 4.78 is 5.51.